The summed E-state index contributed by atoms with van der Waals surface area (Å²) in [5.74, 6) is -0.528. The van der Waals surface area contributed by atoms with Gasteiger partial charge in [0, 0.05) is 11.6 Å². The molecule has 1 aliphatic carbocycles. The quantitative estimate of drug-likeness (QED) is 0.474. The minimum atomic E-state index is -0.436. The first-order valence-corrected chi connectivity index (χ1v) is 8.51. The number of amides is 1. The average molecular weight is 330 g/mol. The molecule has 5 heteroatoms. The SMILES string of the molecule is CCOC(=O)[C@@H](/C(C)=N\NC(=O)[C@@H]1C[C@@H]1c1ccccc1)C(C)C. The molecule has 1 aromatic carbocycles. The molecule has 0 radical (unpaired) electrons. The normalized spacial score (nSPS) is 21.3. The Kier molecular flexibility index (Phi) is 6.12. The fourth-order valence-electron chi connectivity index (χ4n) is 3.01. The lowest BCUT2D eigenvalue weighted by Crippen LogP contribution is -2.31. The standard InChI is InChI=1S/C19H26N2O3/c1-5-24-19(23)17(12(2)3)13(4)20-21-18(22)16-11-15(16)14-9-7-6-8-10-14/h6-10,12,15-17H,5,11H2,1-4H3,(H,21,22)/b20-13-/t15-,16-,17-/m1/s1. The molecule has 3 atom stereocenters. The Hall–Kier alpha value is -2.17. The van der Waals surface area contributed by atoms with Gasteiger partial charge in [-0.15, -0.1) is 0 Å². The first kappa shape index (κ1) is 18.2. The van der Waals surface area contributed by atoms with Crippen molar-refractivity contribution in [3.8, 4) is 0 Å². The third kappa shape index (κ3) is 4.43. The van der Waals surface area contributed by atoms with E-state index in [1.807, 2.05) is 44.2 Å². The van der Waals surface area contributed by atoms with Crippen molar-refractivity contribution in [2.45, 2.75) is 40.0 Å². The molecule has 0 aromatic heterocycles. The number of benzene rings is 1. The summed E-state index contributed by atoms with van der Waals surface area (Å²) in [5.41, 5.74) is 4.38. The molecule has 1 aliphatic rings. The van der Waals surface area contributed by atoms with Crippen LogP contribution in [0.3, 0.4) is 0 Å². The van der Waals surface area contributed by atoms with Gasteiger partial charge >= 0.3 is 5.97 Å². The Morgan fingerprint density at radius 3 is 2.54 bits per heavy atom. The van der Waals surface area contributed by atoms with Gasteiger partial charge in [0.25, 0.3) is 0 Å². The van der Waals surface area contributed by atoms with Crippen LogP contribution < -0.4 is 5.43 Å². The lowest BCUT2D eigenvalue weighted by Gasteiger charge is -2.18. The molecule has 1 saturated carbocycles. The maximum Gasteiger partial charge on any atom is 0.314 e. The van der Waals surface area contributed by atoms with E-state index >= 15 is 0 Å². The molecule has 5 nitrogen and oxygen atoms in total. The minimum Gasteiger partial charge on any atom is -0.465 e. The van der Waals surface area contributed by atoms with Gasteiger partial charge in [0.1, 0.15) is 0 Å². The molecule has 0 bridgehead atoms. The number of ether oxygens (including phenoxy) is 1. The second-order valence-corrected chi connectivity index (χ2v) is 6.56. The van der Waals surface area contributed by atoms with Gasteiger partial charge in [0.15, 0.2) is 0 Å². The number of carbonyl (C=O) groups is 2. The van der Waals surface area contributed by atoms with Gasteiger partial charge in [0.05, 0.1) is 12.5 Å². The average Bonchev–Trinajstić information content (AvgIpc) is 3.34. The fourth-order valence-corrected chi connectivity index (χ4v) is 3.01. The van der Waals surface area contributed by atoms with Crippen LogP contribution in [-0.4, -0.2) is 24.2 Å². The number of esters is 1. The van der Waals surface area contributed by atoms with E-state index in [1.165, 1.54) is 5.56 Å². The predicted molar refractivity (Wildman–Crippen MR) is 93.5 cm³/mol. The van der Waals surface area contributed by atoms with Crippen molar-refractivity contribution < 1.29 is 14.3 Å². The van der Waals surface area contributed by atoms with Gasteiger partial charge in [0.2, 0.25) is 5.91 Å². The largest absolute Gasteiger partial charge is 0.465 e. The van der Waals surface area contributed by atoms with E-state index in [-0.39, 0.29) is 29.6 Å². The molecule has 1 aromatic rings. The number of rotatable bonds is 7. The first-order chi connectivity index (χ1) is 11.5. The summed E-state index contributed by atoms with van der Waals surface area (Å²) in [4.78, 5) is 24.3. The molecular formula is C19H26N2O3. The van der Waals surface area contributed by atoms with Crippen molar-refractivity contribution in [3.05, 3.63) is 35.9 Å². The number of hydrogen-bond acceptors (Lipinski definition) is 4. The molecule has 130 valence electrons. The molecule has 0 saturated heterocycles. The zero-order valence-corrected chi connectivity index (χ0v) is 14.8. The zero-order chi connectivity index (χ0) is 17.7. The van der Waals surface area contributed by atoms with Gasteiger partial charge in [-0.05, 0) is 37.7 Å². The van der Waals surface area contributed by atoms with Crippen LogP contribution in [0.2, 0.25) is 0 Å². The summed E-state index contributed by atoms with van der Waals surface area (Å²) in [7, 11) is 0. The van der Waals surface area contributed by atoms with Crippen LogP contribution in [0.25, 0.3) is 0 Å². The van der Waals surface area contributed by atoms with E-state index in [1.54, 1.807) is 13.8 Å². The molecule has 2 rings (SSSR count). The summed E-state index contributed by atoms with van der Waals surface area (Å²) in [6.07, 6.45) is 0.843. The van der Waals surface area contributed by atoms with Crippen LogP contribution in [0.4, 0.5) is 0 Å². The van der Waals surface area contributed by atoms with Crippen molar-refractivity contribution in [1.29, 1.82) is 0 Å². The highest BCUT2D eigenvalue weighted by Crippen LogP contribution is 2.47. The van der Waals surface area contributed by atoms with Gasteiger partial charge in [-0.25, -0.2) is 5.43 Å². The van der Waals surface area contributed by atoms with Crippen LogP contribution in [0.1, 0.15) is 45.6 Å². The summed E-state index contributed by atoms with van der Waals surface area (Å²) >= 11 is 0. The van der Waals surface area contributed by atoms with Gasteiger partial charge in [-0.2, -0.15) is 5.10 Å². The maximum absolute atomic E-state index is 12.2. The molecule has 0 heterocycles. The summed E-state index contributed by atoms with van der Waals surface area (Å²) in [6.45, 7) is 7.75. The van der Waals surface area contributed by atoms with Crippen molar-refractivity contribution in [1.82, 2.24) is 5.43 Å². The number of nitrogens with zero attached hydrogens (tertiary/aromatic N) is 1. The monoisotopic (exact) mass is 330 g/mol. The van der Waals surface area contributed by atoms with Crippen LogP contribution in [-0.2, 0) is 14.3 Å². The van der Waals surface area contributed by atoms with Crippen molar-refractivity contribution >= 4 is 17.6 Å². The number of carbonyl (C=O) groups excluding carboxylic acids is 2. The van der Waals surface area contributed by atoms with Crippen molar-refractivity contribution in [2.75, 3.05) is 6.61 Å². The second kappa shape index (κ2) is 8.08. The molecule has 1 amide bonds. The summed E-state index contributed by atoms with van der Waals surface area (Å²) < 4.78 is 5.10. The van der Waals surface area contributed by atoms with Gasteiger partial charge in [-0.1, -0.05) is 44.2 Å². The molecule has 0 unspecified atom stereocenters. The molecule has 0 spiro atoms. The molecule has 1 fully saturated rings. The van der Waals surface area contributed by atoms with E-state index in [2.05, 4.69) is 10.5 Å². The Morgan fingerprint density at radius 2 is 1.96 bits per heavy atom. The van der Waals surface area contributed by atoms with Crippen LogP contribution in [0, 0.1) is 17.8 Å². The first-order valence-electron chi connectivity index (χ1n) is 8.51. The second-order valence-electron chi connectivity index (χ2n) is 6.56. The number of hydrazone groups is 1. The predicted octanol–water partition coefficient (Wildman–Crippen LogP) is 3.12. The van der Waals surface area contributed by atoms with Crippen LogP contribution in [0.15, 0.2) is 35.4 Å². The number of hydrogen-bond donors (Lipinski definition) is 1. The number of nitrogens with one attached hydrogen (secondary N) is 1. The Balaban J connectivity index is 1.94. The van der Waals surface area contributed by atoms with E-state index in [4.69, 9.17) is 4.74 Å². The van der Waals surface area contributed by atoms with E-state index < -0.39 is 5.92 Å². The summed E-state index contributed by atoms with van der Waals surface area (Å²) in [6, 6.07) is 10.0. The molecule has 24 heavy (non-hydrogen) atoms. The highest BCUT2D eigenvalue weighted by Gasteiger charge is 2.44. The Bertz CT molecular complexity index is 610. The lowest BCUT2D eigenvalue weighted by atomic mass is 9.92. The maximum atomic E-state index is 12.2. The van der Waals surface area contributed by atoms with Crippen molar-refractivity contribution in [3.63, 3.8) is 0 Å². The topological polar surface area (TPSA) is 67.8 Å². The van der Waals surface area contributed by atoms with E-state index in [0.717, 1.165) is 6.42 Å². The zero-order valence-electron chi connectivity index (χ0n) is 14.8. The smallest absolute Gasteiger partial charge is 0.314 e. The lowest BCUT2D eigenvalue weighted by molar-refractivity contribution is -0.146. The highest BCUT2D eigenvalue weighted by molar-refractivity contribution is 6.01. The van der Waals surface area contributed by atoms with Crippen LogP contribution >= 0.6 is 0 Å². The Labute approximate surface area is 143 Å². The molecular weight excluding hydrogens is 304 g/mol. The van der Waals surface area contributed by atoms with E-state index in [9.17, 15) is 9.59 Å². The van der Waals surface area contributed by atoms with Gasteiger partial charge < -0.3 is 4.74 Å². The summed E-state index contributed by atoms with van der Waals surface area (Å²) in [5, 5.41) is 4.15. The third-order valence-corrected chi connectivity index (χ3v) is 4.35. The highest BCUT2D eigenvalue weighted by atomic mass is 16.5. The molecule has 1 N–H and O–H groups in total. The third-order valence-electron chi connectivity index (χ3n) is 4.35. The fraction of sp³-hybridized carbons (Fsp3) is 0.526. The van der Waals surface area contributed by atoms with E-state index in [0.29, 0.717) is 12.3 Å². The Morgan fingerprint density at radius 1 is 1.29 bits per heavy atom. The molecule has 0 aliphatic heterocycles. The van der Waals surface area contributed by atoms with Crippen LogP contribution in [0.5, 0.6) is 0 Å². The van der Waals surface area contributed by atoms with Crippen molar-refractivity contribution in [2.24, 2.45) is 22.9 Å². The van der Waals surface area contributed by atoms with Gasteiger partial charge in [-0.3, -0.25) is 9.59 Å². The minimum absolute atomic E-state index is 0.0379.